The highest BCUT2D eigenvalue weighted by Crippen LogP contribution is 2.32. The molecule has 2 N–H and O–H groups in total. The second-order valence-electron chi connectivity index (χ2n) is 6.14. The fourth-order valence-corrected chi connectivity index (χ4v) is 3.81. The molecule has 0 spiro atoms. The average molecular weight is 412 g/mol. The molecule has 0 saturated carbocycles. The monoisotopic (exact) mass is 412 g/mol. The van der Waals surface area contributed by atoms with Gasteiger partial charge in [0.1, 0.15) is 5.75 Å². The van der Waals surface area contributed by atoms with Crippen LogP contribution in [-0.4, -0.2) is 38.5 Å². The maximum absolute atomic E-state index is 12.4. The molecule has 0 aliphatic carbocycles. The Hall–Kier alpha value is -3.33. The van der Waals surface area contributed by atoms with E-state index in [9.17, 15) is 4.79 Å². The molecule has 0 bridgehead atoms. The highest BCUT2D eigenvalue weighted by molar-refractivity contribution is 7.99. The first-order valence-electron chi connectivity index (χ1n) is 8.82. The average Bonchev–Trinajstić information content (AvgIpc) is 3.12. The molecule has 9 heteroatoms. The molecule has 150 valence electrons. The van der Waals surface area contributed by atoms with Crippen molar-refractivity contribution >= 4 is 34.8 Å². The van der Waals surface area contributed by atoms with Crippen LogP contribution in [-0.2, 0) is 11.2 Å². The number of ether oxygens (including phenoxy) is 1. The van der Waals surface area contributed by atoms with Gasteiger partial charge in [-0.3, -0.25) is 9.59 Å². The first kappa shape index (κ1) is 20.4. The van der Waals surface area contributed by atoms with E-state index < -0.39 is 0 Å². The summed E-state index contributed by atoms with van der Waals surface area (Å²) in [6.45, 7) is 3.97. The Morgan fingerprint density at radius 2 is 2.03 bits per heavy atom. The van der Waals surface area contributed by atoms with Gasteiger partial charge in [0.2, 0.25) is 0 Å². The zero-order chi connectivity index (χ0) is 21.0. The third kappa shape index (κ3) is 4.09. The molecule has 4 rings (SSSR count). The quantitative estimate of drug-likeness (QED) is 0.495. The number of carboxylic acid groups (broad SMARTS) is 1. The largest absolute Gasteiger partial charge is 0.497 e. The van der Waals surface area contributed by atoms with Crippen molar-refractivity contribution < 1.29 is 14.6 Å². The van der Waals surface area contributed by atoms with E-state index in [1.807, 2.05) is 0 Å². The minimum Gasteiger partial charge on any atom is -0.497 e. The number of benzene rings is 2. The fourth-order valence-electron chi connectivity index (χ4n) is 2.93. The molecule has 4 aromatic rings. The van der Waals surface area contributed by atoms with Crippen LogP contribution in [0.25, 0.3) is 16.6 Å². The van der Waals surface area contributed by atoms with Gasteiger partial charge in [0.15, 0.2) is 10.7 Å². The summed E-state index contributed by atoms with van der Waals surface area (Å²) in [6.07, 6.45) is 1.00. The Bertz CT molecular complexity index is 1230. The highest BCUT2D eigenvalue weighted by Gasteiger charge is 2.15. The van der Waals surface area contributed by atoms with Crippen LogP contribution in [0.1, 0.15) is 18.1 Å². The van der Waals surface area contributed by atoms with Crippen LogP contribution in [0, 0.1) is 6.92 Å². The predicted octanol–water partition coefficient (Wildman–Crippen LogP) is 3.30. The standard InChI is InChI=1S/C19H18N4O2S.CH2O2/c1-4-12-5-8-16(11(2)9-12)26-19-17-20-18(24)14-7-6-13(25-3)10-15(14)23(17)22-21-19;2-1-3/h5-10,22H,4H2,1-3H3;1H,(H,2,3). The van der Waals surface area contributed by atoms with Crippen LogP contribution in [0.3, 0.4) is 0 Å². The number of nitrogens with zero attached hydrogens (tertiary/aromatic N) is 3. The van der Waals surface area contributed by atoms with E-state index in [4.69, 9.17) is 14.6 Å². The normalized spacial score (nSPS) is 10.6. The van der Waals surface area contributed by atoms with Gasteiger partial charge in [-0.15, -0.1) is 5.10 Å². The van der Waals surface area contributed by atoms with Crippen LogP contribution in [0.4, 0.5) is 0 Å². The van der Waals surface area contributed by atoms with Crippen LogP contribution >= 0.6 is 11.8 Å². The van der Waals surface area contributed by atoms with Crippen molar-refractivity contribution in [3.63, 3.8) is 0 Å². The number of hydrogen-bond donors (Lipinski definition) is 2. The molecule has 0 saturated heterocycles. The summed E-state index contributed by atoms with van der Waals surface area (Å²) in [6, 6.07) is 11.7. The summed E-state index contributed by atoms with van der Waals surface area (Å²) in [7, 11) is 1.60. The van der Waals surface area contributed by atoms with E-state index in [2.05, 4.69) is 47.3 Å². The molecule has 2 aromatic heterocycles. The Balaban J connectivity index is 0.000000755. The third-order valence-electron chi connectivity index (χ3n) is 4.39. The van der Waals surface area contributed by atoms with Gasteiger partial charge >= 0.3 is 0 Å². The molecule has 0 radical (unpaired) electrons. The van der Waals surface area contributed by atoms with E-state index in [0.29, 0.717) is 27.3 Å². The highest BCUT2D eigenvalue weighted by atomic mass is 32.2. The Kier molecular flexibility index (Phi) is 6.18. The van der Waals surface area contributed by atoms with Gasteiger partial charge in [0.05, 0.1) is 18.0 Å². The summed E-state index contributed by atoms with van der Waals surface area (Å²) >= 11 is 1.50. The van der Waals surface area contributed by atoms with Crippen LogP contribution < -0.4 is 10.3 Å². The SMILES string of the molecule is CCc1ccc(Sc2n[nH]n3c2nc(=O)c2ccc(OC)cc23)c(C)c1.O=CO. The minimum atomic E-state index is -0.274. The number of carbonyl (C=O) groups is 1. The van der Waals surface area contributed by atoms with Crippen molar-refractivity contribution in [2.45, 2.75) is 30.2 Å². The van der Waals surface area contributed by atoms with E-state index >= 15 is 0 Å². The predicted molar refractivity (Wildman–Crippen MR) is 111 cm³/mol. The Labute approximate surface area is 170 Å². The molecule has 0 atom stereocenters. The van der Waals surface area contributed by atoms with Gasteiger partial charge in [-0.05, 0) is 42.7 Å². The van der Waals surface area contributed by atoms with Crippen LogP contribution in [0.5, 0.6) is 5.75 Å². The molecule has 29 heavy (non-hydrogen) atoms. The molecule has 2 heterocycles. The summed E-state index contributed by atoms with van der Waals surface area (Å²) in [5.41, 5.74) is 3.41. The summed E-state index contributed by atoms with van der Waals surface area (Å²) in [4.78, 5) is 26.1. The smallest absolute Gasteiger partial charge is 0.290 e. The summed E-state index contributed by atoms with van der Waals surface area (Å²) < 4.78 is 7.00. The van der Waals surface area contributed by atoms with E-state index in [1.165, 1.54) is 22.9 Å². The molecular weight excluding hydrogens is 392 g/mol. The minimum absolute atomic E-state index is 0.250. The van der Waals surface area contributed by atoms with Crippen LogP contribution in [0.2, 0.25) is 0 Å². The zero-order valence-electron chi connectivity index (χ0n) is 16.2. The van der Waals surface area contributed by atoms with Crippen molar-refractivity contribution in [3.05, 3.63) is 57.9 Å². The molecule has 2 aromatic carbocycles. The Morgan fingerprint density at radius 3 is 2.69 bits per heavy atom. The number of methoxy groups -OCH3 is 1. The van der Waals surface area contributed by atoms with Gasteiger partial charge in [-0.2, -0.15) is 4.98 Å². The second-order valence-corrected chi connectivity index (χ2v) is 7.17. The van der Waals surface area contributed by atoms with Crippen molar-refractivity contribution in [3.8, 4) is 5.75 Å². The number of aromatic amines is 1. The van der Waals surface area contributed by atoms with Crippen molar-refractivity contribution in [2.75, 3.05) is 7.11 Å². The molecule has 0 aliphatic rings. The number of fused-ring (bicyclic) bond motifs is 3. The number of H-pyrrole nitrogens is 1. The molecule has 0 amide bonds. The maximum atomic E-state index is 12.4. The third-order valence-corrected chi connectivity index (χ3v) is 5.54. The second kappa shape index (κ2) is 8.78. The molecule has 0 unspecified atom stereocenters. The van der Waals surface area contributed by atoms with E-state index in [1.54, 1.807) is 29.8 Å². The van der Waals surface area contributed by atoms with Crippen molar-refractivity contribution in [1.82, 2.24) is 19.8 Å². The molecule has 0 fully saturated rings. The maximum Gasteiger partial charge on any atom is 0.290 e. The molecule has 8 nitrogen and oxygen atoms in total. The van der Waals surface area contributed by atoms with Gasteiger partial charge in [-0.25, -0.2) is 9.73 Å². The fraction of sp³-hybridized carbons (Fsp3) is 0.200. The van der Waals surface area contributed by atoms with E-state index in [0.717, 1.165) is 11.3 Å². The summed E-state index contributed by atoms with van der Waals surface area (Å²) in [5.74, 6) is 0.673. The van der Waals surface area contributed by atoms with Gasteiger partial charge in [0.25, 0.3) is 12.0 Å². The lowest BCUT2D eigenvalue weighted by Crippen LogP contribution is -2.10. The first-order chi connectivity index (χ1) is 14.0. The number of aryl methyl sites for hydroxylation is 2. The van der Waals surface area contributed by atoms with Crippen molar-refractivity contribution in [1.29, 1.82) is 0 Å². The topological polar surface area (TPSA) is 110 Å². The van der Waals surface area contributed by atoms with Crippen molar-refractivity contribution in [2.24, 2.45) is 0 Å². The molecular formula is C20H20N4O4S. The van der Waals surface area contributed by atoms with Crippen LogP contribution in [0.15, 0.2) is 51.1 Å². The van der Waals surface area contributed by atoms with E-state index in [-0.39, 0.29) is 12.0 Å². The lowest BCUT2D eigenvalue weighted by molar-refractivity contribution is -0.122. The number of aromatic nitrogens is 4. The number of nitrogens with one attached hydrogen (secondary N) is 1. The number of rotatable bonds is 4. The van der Waals surface area contributed by atoms with Gasteiger partial charge in [-0.1, -0.05) is 30.8 Å². The summed E-state index contributed by atoms with van der Waals surface area (Å²) in [5, 5.41) is 15.4. The molecule has 0 aliphatic heterocycles. The lowest BCUT2D eigenvalue weighted by Gasteiger charge is -2.06. The van der Waals surface area contributed by atoms with Gasteiger partial charge in [0, 0.05) is 11.0 Å². The zero-order valence-corrected chi connectivity index (χ0v) is 17.0. The first-order valence-corrected chi connectivity index (χ1v) is 9.64. The Morgan fingerprint density at radius 1 is 1.28 bits per heavy atom. The lowest BCUT2D eigenvalue weighted by atomic mass is 10.1. The van der Waals surface area contributed by atoms with Gasteiger partial charge < -0.3 is 9.84 Å². The number of hydrogen-bond acceptors (Lipinski definition) is 6.